The van der Waals surface area contributed by atoms with Crippen LogP contribution in [-0.4, -0.2) is 29.2 Å². The lowest BCUT2D eigenvalue weighted by Crippen LogP contribution is -2.25. The molecule has 1 atom stereocenters. The van der Waals surface area contributed by atoms with E-state index in [0.717, 1.165) is 30.5 Å². The number of rotatable bonds is 4. The van der Waals surface area contributed by atoms with Gasteiger partial charge in [-0.25, -0.2) is 9.97 Å². The first kappa shape index (κ1) is 21.7. The van der Waals surface area contributed by atoms with Gasteiger partial charge in [0, 0.05) is 16.8 Å². The second-order valence-corrected chi connectivity index (χ2v) is 9.02. The highest BCUT2D eigenvalue weighted by Gasteiger charge is 2.23. The third-order valence-electron chi connectivity index (χ3n) is 6.86. The molecule has 0 saturated carbocycles. The predicted molar refractivity (Wildman–Crippen MR) is 124 cm³/mol. The van der Waals surface area contributed by atoms with Crippen molar-refractivity contribution in [3.8, 4) is 12.1 Å². The van der Waals surface area contributed by atoms with Crippen molar-refractivity contribution in [1.82, 2.24) is 29.2 Å². The van der Waals surface area contributed by atoms with Gasteiger partial charge in [0.1, 0.15) is 23.3 Å². The first-order valence-corrected chi connectivity index (χ1v) is 11.4. The first-order valence-electron chi connectivity index (χ1n) is 11.4. The molecule has 10 heteroatoms. The fourth-order valence-electron chi connectivity index (χ4n) is 5.06. The van der Waals surface area contributed by atoms with Crippen LogP contribution in [0.5, 0.6) is 0 Å². The maximum absolute atomic E-state index is 13.2. The second kappa shape index (κ2) is 7.99. The summed E-state index contributed by atoms with van der Waals surface area (Å²) in [6.07, 6.45) is 4.46. The predicted octanol–water partition coefficient (Wildman–Crippen LogP) is 2.33. The smallest absolute Gasteiger partial charge is 0.276 e. The number of nitrogens with one attached hydrogen (secondary N) is 2. The number of hydrogen-bond acceptors (Lipinski definition) is 6. The maximum atomic E-state index is 13.2. The summed E-state index contributed by atoms with van der Waals surface area (Å²) in [7, 11) is 0. The van der Waals surface area contributed by atoms with Crippen molar-refractivity contribution >= 4 is 11.3 Å². The minimum atomic E-state index is -0.234. The lowest BCUT2D eigenvalue weighted by atomic mass is 9.94. The molecule has 4 heterocycles. The van der Waals surface area contributed by atoms with Crippen molar-refractivity contribution in [3.63, 3.8) is 0 Å². The van der Waals surface area contributed by atoms with Crippen molar-refractivity contribution in [2.45, 2.75) is 65.2 Å². The number of nitrogens with zero attached hydrogens (tertiary/aromatic N) is 6. The number of H-pyrrole nitrogens is 2. The van der Waals surface area contributed by atoms with E-state index in [1.54, 1.807) is 13.8 Å². The van der Waals surface area contributed by atoms with Crippen molar-refractivity contribution in [1.29, 1.82) is 10.5 Å². The minimum Gasteiger partial charge on any atom is -0.293 e. The molecule has 0 aromatic carbocycles. The topological polar surface area (TPSA) is 148 Å². The van der Waals surface area contributed by atoms with Crippen molar-refractivity contribution in [3.05, 3.63) is 65.7 Å². The van der Waals surface area contributed by atoms with Crippen LogP contribution in [-0.2, 0) is 19.3 Å². The summed E-state index contributed by atoms with van der Waals surface area (Å²) in [5, 5.41) is 25.2. The van der Waals surface area contributed by atoms with E-state index < -0.39 is 0 Å². The average Bonchev–Trinajstić information content (AvgIpc) is 3.34. The molecular weight excluding hydrogens is 432 g/mol. The van der Waals surface area contributed by atoms with Gasteiger partial charge in [-0.2, -0.15) is 19.6 Å². The SMILES string of the molecule is Cc1nc2c(C#N)c(C)[nH]n2c(=O)c1C(C)CCc1[nH]n2c(=O)c3c(nc2c1C#N)CCCC3. The molecule has 4 aromatic rings. The molecule has 34 heavy (non-hydrogen) atoms. The molecule has 1 aliphatic rings. The molecule has 172 valence electrons. The van der Waals surface area contributed by atoms with Gasteiger partial charge in [0.15, 0.2) is 11.3 Å². The third-order valence-corrected chi connectivity index (χ3v) is 6.86. The van der Waals surface area contributed by atoms with Gasteiger partial charge in [-0.1, -0.05) is 6.92 Å². The third kappa shape index (κ3) is 3.14. The Morgan fingerprint density at radius 1 is 0.971 bits per heavy atom. The van der Waals surface area contributed by atoms with Gasteiger partial charge >= 0.3 is 0 Å². The van der Waals surface area contributed by atoms with Gasteiger partial charge in [0.05, 0.1) is 17.1 Å². The van der Waals surface area contributed by atoms with E-state index in [1.165, 1.54) is 9.03 Å². The summed E-state index contributed by atoms with van der Waals surface area (Å²) in [6, 6.07) is 4.31. The van der Waals surface area contributed by atoms with E-state index in [4.69, 9.17) is 0 Å². The van der Waals surface area contributed by atoms with Gasteiger partial charge in [-0.15, -0.1) is 0 Å². The molecule has 5 rings (SSSR count). The Hall–Kier alpha value is -4.18. The average molecular weight is 457 g/mol. The molecule has 0 aliphatic heterocycles. The molecule has 0 radical (unpaired) electrons. The minimum absolute atomic E-state index is 0.130. The van der Waals surface area contributed by atoms with Crippen molar-refractivity contribution in [2.75, 3.05) is 0 Å². The largest absolute Gasteiger partial charge is 0.293 e. The van der Waals surface area contributed by atoms with Crippen LogP contribution in [0.3, 0.4) is 0 Å². The highest BCUT2D eigenvalue weighted by molar-refractivity contribution is 5.59. The Morgan fingerprint density at radius 3 is 2.38 bits per heavy atom. The molecule has 0 amide bonds. The van der Waals surface area contributed by atoms with Crippen LogP contribution in [0.2, 0.25) is 0 Å². The van der Waals surface area contributed by atoms with Crippen LogP contribution in [0.1, 0.15) is 77.1 Å². The highest BCUT2D eigenvalue weighted by atomic mass is 16.1. The van der Waals surface area contributed by atoms with E-state index in [1.807, 2.05) is 6.92 Å². The zero-order valence-corrected chi connectivity index (χ0v) is 19.3. The Bertz CT molecular complexity index is 1670. The monoisotopic (exact) mass is 456 g/mol. The number of aromatic amines is 2. The van der Waals surface area contributed by atoms with Gasteiger partial charge < -0.3 is 0 Å². The lowest BCUT2D eigenvalue weighted by Gasteiger charge is -2.13. The van der Waals surface area contributed by atoms with Crippen LogP contribution in [0, 0.1) is 36.5 Å². The number of nitriles is 2. The summed E-state index contributed by atoms with van der Waals surface area (Å²) >= 11 is 0. The van der Waals surface area contributed by atoms with Gasteiger partial charge in [0.25, 0.3) is 11.1 Å². The molecule has 0 saturated heterocycles. The molecule has 0 spiro atoms. The van der Waals surface area contributed by atoms with Gasteiger partial charge in [-0.3, -0.25) is 19.8 Å². The number of aromatic nitrogens is 6. The molecule has 10 nitrogen and oxygen atoms in total. The van der Waals surface area contributed by atoms with E-state index in [-0.39, 0.29) is 17.0 Å². The molecule has 2 N–H and O–H groups in total. The summed E-state index contributed by atoms with van der Waals surface area (Å²) < 4.78 is 2.71. The Labute approximate surface area is 194 Å². The Kier molecular flexibility index (Phi) is 5.09. The molecule has 0 bridgehead atoms. The van der Waals surface area contributed by atoms with Gasteiger partial charge in [0.2, 0.25) is 0 Å². The zero-order valence-electron chi connectivity index (χ0n) is 19.3. The van der Waals surface area contributed by atoms with E-state index in [9.17, 15) is 20.1 Å². The number of fused-ring (bicyclic) bond motifs is 3. The standard InChI is InChI=1S/C24H24N8O2/c1-12(20-14(3)27-21-16(10-25)13(2)29-32(21)24(20)34)8-9-19-17(11-26)22-28-18-7-5-4-6-15(18)23(33)31(22)30-19/h12,29-30H,4-9H2,1-3H3. The molecule has 1 aliphatic carbocycles. The van der Waals surface area contributed by atoms with Crippen LogP contribution in [0.25, 0.3) is 11.3 Å². The molecule has 4 aromatic heterocycles. The molecular formula is C24H24N8O2. The summed E-state index contributed by atoms with van der Waals surface area (Å²) in [4.78, 5) is 35.4. The Balaban J connectivity index is 1.51. The molecule has 1 unspecified atom stereocenters. The summed E-state index contributed by atoms with van der Waals surface area (Å²) in [6.45, 7) is 5.45. The quantitative estimate of drug-likeness (QED) is 0.481. The van der Waals surface area contributed by atoms with Gasteiger partial charge in [-0.05, 0) is 58.3 Å². The zero-order chi connectivity index (χ0) is 24.1. The van der Waals surface area contributed by atoms with E-state index in [2.05, 4.69) is 32.3 Å². The number of hydrogen-bond donors (Lipinski definition) is 2. The van der Waals surface area contributed by atoms with Crippen LogP contribution < -0.4 is 11.1 Å². The normalized spacial score (nSPS) is 14.1. The highest BCUT2D eigenvalue weighted by Crippen LogP contribution is 2.25. The maximum Gasteiger partial charge on any atom is 0.276 e. The summed E-state index contributed by atoms with van der Waals surface area (Å²) in [5.41, 5.74) is 4.97. The van der Waals surface area contributed by atoms with E-state index >= 15 is 0 Å². The van der Waals surface area contributed by atoms with Crippen molar-refractivity contribution in [2.24, 2.45) is 0 Å². The molecule has 0 fully saturated rings. The van der Waals surface area contributed by atoms with Crippen LogP contribution in [0.15, 0.2) is 9.59 Å². The lowest BCUT2D eigenvalue weighted by molar-refractivity contribution is 0.637. The van der Waals surface area contributed by atoms with Crippen molar-refractivity contribution < 1.29 is 0 Å². The van der Waals surface area contributed by atoms with Crippen LogP contribution >= 0.6 is 0 Å². The van der Waals surface area contributed by atoms with E-state index in [0.29, 0.717) is 64.3 Å². The fraction of sp³-hybridized carbons (Fsp3) is 0.417. The Morgan fingerprint density at radius 2 is 1.65 bits per heavy atom. The first-order chi connectivity index (χ1) is 16.3. The fourth-order valence-corrected chi connectivity index (χ4v) is 5.06. The summed E-state index contributed by atoms with van der Waals surface area (Å²) in [5.74, 6) is -0.165. The number of aryl methyl sites for hydroxylation is 4. The second-order valence-electron chi connectivity index (χ2n) is 9.02. The van der Waals surface area contributed by atoms with Crippen LogP contribution in [0.4, 0.5) is 0 Å².